The summed E-state index contributed by atoms with van der Waals surface area (Å²) < 4.78 is 31.9. The highest BCUT2D eigenvalue weighted by Gasteiger charge is 2.11. The standard InChI is InChI=1S/C17H9BrF2N2O2S/c18-11-6-5-10(24-16(19)20)7-9(11)8-14-15(23)22-13-4-2-1-3-12(13)21-17(22)25-14/h1-8,16H/b14-8-. The van der Waals surface area contributed by atoms with Gasteiger partial charge in [0.25, 0.3) is 5.56 Å². The second kappa shape index (κ2) is 6.20. The molecule has 0 unspecified atom stereocenters. The molecule has 4 aromatic rings. The monoisotopic (exact) mass is 422 g/mol. The molecule has 0 saturated heterocycles. The zero-order chi connectivity index (χ0) is 17.6. The molecule has 8 heteroatoms. The molecule has 0 N–H and O–H groups in total. The van der Waals surface area contributed by atoms with Gasteiger partial charge in [-0.1, -0.05) is 39.4 Å². The third-order valence-corrected chi connectivity index (χ3v) is 5.32. The fourth-order valence-electron chi connectivity index (χ4n) is 2.56. The van der Waals surface area contributed by atoms with Gasteiger partial charge in [-0.05, 0) is 42.0 Å². The van der Waals surface area contributed by atoms with Crippen molar-refractivity contribution in [3.8, 4) is 5.75 Å². The van der Waals surface area contributed by atoms with Crippen LogP contribution in [0.2, 0.25) is 0 Å². The highest BCUT2D eigenvalue weighted by Crippen LogP contribution is 2.24. The number of thiazole rings is 1. The number of hydrogen-bond donors (Lipinski definition) is 0. The highest BCUT2D eigenvalue weighted by atomic mass is 79.9. The molecule has 2 aromatic heterocycles. The minimum atomic E-state index is -2.90. The molecule has 0 spiro atoms. The number of aromatic nitrogens is 2. The Morgan fingerprint density at radius 2 is 2.04 bits per heavy atom. The largest absolute Gasteiger partial charge is 0.435 e. The molecule has 2 heterocycles. The van der Waals surface area contributed by atoms with Crippen molar-refractivity contribution in [2.75, 3.05) is 0 Å². The summed E-state index contributed by atoms with van der Waals surface area (Å²) in [7, 11) is 0. The maximum absolute atomic E-state index is 12.7. The normalized spacial score (nSPS) is 12.6. The van der Waals surface area contributed by atoms with Crippen molar-refractivity contribution in [1.82, 2.24) is 9.38 Å². The Kier molecular flexibility index (Phi) is 4.01. The van der Waals surface area contributed by atoms with E-state index in [1.165, 1.54) is 23.5 Å². The van der Waals surface area contributed by atoms with Gasteiger partial charge in [0.2, 0.25) is 0 Å². The van der Waals surface area contributed by atoms with E-state index in [1.807, 2.05) is 24.3 Å². The predicted octanol–water partition coefficient (Wildman–Crippen LogP) is 3.82. The summed E-state index contributed by atoms with van der Waals surface area (Å²) in [6.45, 7) is -2.90. The number of halogens is 3. The molecule has 0 saturated carbocycles. The topological polar surface area (TPSA) is 43.6 Å². The third kappa shape index (κ3) is 2.91. The van der Waals surface area contributed by atoms with E-state index < -0.39 is 6.61 Å². The molecule has 4 rings (SSSR count). The average molecular weight is 423 g/mol. The van der Waals surface area contributed by atoms with Crippen molar-refractivity contribution >= 4 is 49.3 Å². The molecule has 0 fully saturated rings. The van der Waals surface area contributed by atoms with Crippen LogP contribution >= 0.6 is 27.3 Å². The van der Waals surface area contributed by atoms with Gasteiger partial charge in [0.1, 0.15) is 5.75 Å². The molecule has 0 aliphatic rings. The van der Waals surface area contributed by atoms with Crippen LogP contribution in [0, 0.1) is 0 Å². The molecule has 0 atom stereocenters. The smallest absolute Gasteiger partial charge is 0.387 e. The Morgan fingerprint density at radius 1 is 1.24 bits per heavy atom. The Balaban J connectivity index is 1.90. The zero-order valence-corrected chi connectivity index (χ0v) is 14.9. The van der Waals surface area contributed by atoms with Gasteiger partial charge < -0.3 is 4.74 Å². The molecule has 0 amide bonds. The van der Waals surface area contributed by atoms with Crippen molar-refractivity contribution < 1.29 is 13.5 Å². The van der Waals surface area contributed by atoms with Crippen LogP contribution < -0.4 is 14.8 Å². The number of rotatable bonds is 3. The van der Waals surface area contributed by atoms with Gasteiger partial charge in [0.05, 0.1) is 15.6 Å². The zero-order valence-electron chi connectivity index (χ0n) is 12.4. The lowest BCUT2D eigenvalue weighted by Gasteiger charge is -2.06. The first-order chi connectivity index (χ1) is 12.0. The number of para-hydroxylation sites is 2. The first kappa shape index (κ1) is 16.2. The van der Waals surface area contributed by atoms with Gasteiger partial charge in [-0.3, -0.25) is 4.79 Å². The number of benzene rings is 2. The summed E-state index contributed by atoms with van der Waals surface area (Å²) in [5.74, 6) is 0.0312. The molecule has 126 valence electrons. The number of hydrogen-bond acceptors (Lipinski definition) is 4. The van der Waals surface area contributed by atoms with E-state index in [4.69, 9.17) is 0 Å². The maximum atomic E-state index is 12.7. The number of nitrogens with zero attached hydrogens (tertiary/aromatic N) is 2. The van der Waals surface area contributed by atoms with Crippen molar-refractivity contribution in [2.24, 2.45) is 0 Å². The van der Waals surface area contributed by atoms with E-state index in [9.17, 15) is 13.6 Å². The second-order valence-electron chi connectivity index (χ2n) is 5.20. The first-order valence-electron chi connectivity index (χ1n) is 7.19. The second-order valence-corrected chi connectivity index (χ2v) is 7.06. The molecular weight excluding hydrogens is 414 g/mol. The van der Waals surface area contributed by atoms with Crippen molar-refractivity contribution in [3.63, 3.8) is 0 Å². The Morgan fingerprint density at radius 3 is 2.84 bits per heavy atom. The number of alkyl halides is 2. The lowest BCUT2D eigenvalue weighted by molar-refractivity contribution is -0.0498. The van der Waals surface area contributed by atoms with Crippen LogP contribution in [0.15, 0.2) is 51.7 Å². The minimum absolute atomic E-state index is 0.0312. The number of fused-ring (bicyclic) bond motifs is 3. The van der Waals surface area contributed by atoms with E-state index in [0.29, 0.717) is 19.5 Å². The van der Waals surface area contributed by atoms with Gasteiger partial charge >= 0.3 is 6.61 Å². The summed E-state index contributed by atoms with van der Waals surface area (Å²) in [4.78, 5) is 17.8. The SMILES string of the molecule is O=c1/c(=C/c2cc(OC(F)F)ccc2Br)sc2nc3ccccc3n12. The van der Waals surface area contributed by atoms with E-state index in [1.54, 1.807) is 16.5 Å². The van der Waals surface area contributed by atoms with Gasteiger partial charge in [0.15, 0.2) is 4.96 Å². The molecule has 0 aliphatic heterocycles. The Bertz CT molecular complexity index is 1200. The molecular formula is C17H9BrF2N2O2S. The van der Waals surface area contributed by atoms with E-state index in [2.05, 4.69) is 25.7 Å². The van der Waals surface area contributed by atoms with Crippen LogP contribution in [0.4, 0.5) is 8.78 Å². The van der Waals surface area contributed by atoms with E-state index in [-0.39, 0.29) is 11.3 Å². The molecule has 4 nitrogen and oxygen atoms in total. The van der Waals surface area contributed by atoms with Crippen LogP contribution in [0.5, 0.6) is 5.75 Å². The van der Waals surface area contributed by atoms with Gasteiger partial charge in [-0.2, -0.15) is 8.78 Å². The van der Waals surface area contributed by atoms with Crippen LogP contribution in [-0.4, -0.2) is 16.0 Å². The molecule has 0 aliphatic carbocycles. The lowest BCUT2D eigenvalue weighted by atomic mass is 10.2. The van der Waals surface area contributed by atoms with Crippen molar-refractivity contribution in [3.05, 3.63) is 67.4 Å². The van der Waals surface area contributed by atoms with Crippen LogP contribution in [0.3, 0.4) is 0 Å². The van der Waals surface area contributed by atoms with Crippen LogP contribution in [0.25, 0.3) is 22.1 Å². The van der Waals surface area contributed by atoms with Gasteiger partial charge in [0, 0.05) is 4.47 Å². The molecule has 0 bridgehead atoms. The lowest BCUT2D eigenvalue weighted by Crippen LogP contribution is -2.22. The summed E-state index contributed by atoms with van der Waals surface area (Å²) in [5.41, 5.74) is 1.88. The molecule has 0 radical (unpaired) electrons. The summed E-state index contributed by atoms with van der Waals surface area (Å²) in [6, 6.07) is 11.9. The predicted molar refractivity (Wildman–Crippen MR) is 96.4 cm³/mol. The van der Waals surface area contributed by atoms with Gasteiger partial charge in [-0.25, -0.2) is 9.38 Å². The van der Waals surface area contributed by atoms with E-state index in [0.717, 1.165) is 11.0 Å². The summed E-state index contributed by atoms with van der Waals surface area (Å²) in [6.07, 6.45) is 1.64. The summed E-state index contributed by atoms with van der Waals surface area (Å²) in [5, 5.41) is 0. The quantitative estimate of drug-likeness (QED) is 0.503. The summed E-state index contributed by atoms with van der Waals surface area (Å²) >= 11 is 4.61. The maximum Gasteiger partial charge on any atom is 0.387 e. The van der Waals surface area contributed by atoms with Crippen molar-refractivity contribution in [1.29, 1.82) is 0 Å². The highest BCUT2D eigenvalue weighted by molar-refractivity contribution is 9.10. The number of imidazole rings is 1. The molecule has 25 heavy (non-hydrogen) atoms. The fourth-order valence-corrected chi connectivity index (χ4v) is 3.90. The molecule has 2 aromatic carbocycles. The van der Waals surface area contributed by atoms with Crippen LogP contribution in [-0.2, 0) is 0 Å². The van der Waals surface area contributed by atoms with E-state index >= 15 is 0 Å². The third-order valence-electron chi connectivity index (χ3n) is 3.62. The Hall–Kier alpha value is -2.32. The van der Waals surface area contributed by atoms with Crippen LogP contribution in [0.1, 0.15) is 5.56 Å². The first-order valence-corrected chi connectivity index (χ1v) is 8.80. The fraction of sp³-hybridized carbons (Fsp3) is 0.0588. The average Bonchev–Trinajstić information content (AvgIpc) is 3.07. The minimum Gasteiger partial charge on any atom is -0.435 e. The number of ether oxygens (including phenoxy) is 1. The Labute approximate surface area is 152 Å². The van der Waals surface area contributed by atoms with Gasteiger partial charge in [-0.15, -0.1) is 0 Å². The van der Waals surface area contributed by atoms with Crippen molar-refractivity contribution in [2.45, 2.75) is 6.61 Å².